The zero-order chi connectivity index (χ0) is 9.84. The molecule has 0 spiro atoms. The molecule has 0 saturated carbocycles. The zero-order valence-electron chi connectivity index (χ0n) is 8.03. The molecule has 5 nitrogen and oxygen atoms in total. The van der Waals surface area contributed by atoms with Gasteiger partial charge in [-0.25, -0.2) is 0 Å². The fourth-order valence-corrected chi connectivity index (χ4v) is 1.03. The molecule has 72 valence electrons. The maximum Gasteiger partial charge on any atom is 0.241 e. The van der Waals surface area contributed by atoms with Gasteiger partial charge in [0, 0.05) is 20.3 Å². The van der Waals surface area contributed by atoms with Gasteiger partial charge in [-0.2, -0.15) is 5.10 Å². The van der Waals surface area contributed by atoms with E-state index in [0.717, 1.165) is 5.69 Å². The van der Waals surface area contributed by atoms with Gasteiger partial charge in [0.25, 0.3) is 0 Å². The zero-order valence-corrected chi connectivity index (χ0v) is 8.03. The van der Waals surface area contributed by atoms with Gasteiger partial charge < -0.3 is 10.6 Å². The summed E-state index contributed by atoms with van der Waals surface area (Å²) < 4.78 is 1.68. The number of rotatable bonds is 3. The number of carbonyl (C=O) groups excluding carboxylic acids is 1. The van der Waals surface area contributed by atoms with Crippen molar-refractivity contribution >= 4 is 11.6 Å². The molecule has 1 atom stereocenters. The number of carbonyl (C=O) groups is 1. The Morgan fingerprint density at radius 2 is 2.38 bits per heavy atom. The molecule has 2 N–H and O–H groups in total. The Labute approximate surface area is 77.1 Å². The van der Waals surface area contributed by atoms with Crippen molar-refractivity contribution in [3.8, 4) is 0 Å². The third kappa shape index (κ3) is 2.47. The number of hydrogen-bond acceptors (Lipinski definition) is 3. The van der Waals surface area contributed by atoms with Gasteiger partial charge in [0.2, 0.25) is 5.91 Å². The van der Waals surface area contributed by atoms with Gasteiger partial charge in [-0.15, -0.1) is 0 Å². The lowest BCUT2D eigenvalue weighted by molar-refractivity contribution is -0.121. The molecule has 5 heteroatoms. The normalized spacial score (nSPS) is 12.2. The van der Waals surface area contributed by atoms with E-state index in [1.54, 1.807) is 24.9 Å². The molecular weight excluding hydrogens is 168 g/mol. The van der Waals surface area contributed by atoms with E-state index in [1.165, 1.54) is 0 Å². The first-order valence-electron chi connectivity index (χ1n) is 4.10. The highest BCUT2D eigenvalue weighted by atomic mass is 16.2. The third-order valence-corrected chi connectivity index (χ3v) is 1.73. The molecule has 0 aliphatic rings. The van der Waals surface area contributed by atoms with Gasteiger partial charge in [-0.1, -0.05) is 0 Å². The fourth-order valence-electron chi connectivity index (χ4n) is 1.03. The number of hydrogen-bond donors (Lipinski definition) is 2. The molecular formula is C8H14N4O. The highest BCUT2D eigenvalue weighted by molar-refractivity contribution is 5.83. The van der Waals surface area contributed by atoms with E-state index in [1.807, 2.05) is 13.2 Å². The van der Waals surface area contributed by atoms with Crippen LogP contribution < -0.4 is 10.6 Å². The molecule has 0 saturated heterocycles. The number of nitrogens with one attached hydrogen (secondary N) is 2. The van der Waals surface area contributed by atoms with E-state index >= 15 is 0 Å². The van der Waals surface area contributed by atoms with Crippen molar-refractivity contribution in [2.24, 2.45) is 7.05 Å². The Kier molecular flexibility index (Phi) is 2.89. The summed E-state index contributed by atoms with van der Waals surface area (Å²) in [5.41, 5.74) is 0.846. The number of likely N-dealkylation sites (N-methyl/N-ethyl adjacent to an activating group) is 1. The largest absolute Gasteiger partial charge is 0.371 e. The highest BCUT2D eigenvalue weighted by Crippen LogP contribution is 2.05. The number of amides is 1. The van der Waals surface area contributed by atoms with Crippen LogP contribution in [0.4, 0.5) is 5.69 Å². The number of nitrogens with zero attached hydrogens (tertiary/aromatic N) is 2. The van der Waals surface area contributed by atoms with Crippen molar-refractivity contribution < 1.29 is 4.79 Å². The van der Waals surface area contributed by atoms with Crippen molar-refractivity contribution in [3.63, 3.8) is 0 Å². The van der Waals surface area contributed by atoms with Crippen molar-refractivity contribution in [3.05, 3.63) is 12.4 Å². The summed E-state index contributed by atoms with van der Waals surface area (Å²) in [5, 5.41) is 9.56. The van der Waals surface area contributed by atoms with Crippen LogP contribution in [0, 0.1) is 0 Å². The molecule has 13 heavy (non-hydrogen) atoms. The topological polar surface area (TPSA) is 59.0 Å². The molecule has 1 heterocycles. The summed E-state index contributed by atoms with van der Waals surface area (Å²) in [4.78, 5) is 11.1. The van der Waals surface area contributed by atoms with Crippen LogP contribution in [-0.4, -0.2) is 28.8 Å². The maximum atomic E-state index is 11.1. The van der Waals surface area contributed by atoms with Gasteiger partial charge in [0.1, 0.15) is 6.04 Å². The minimum atomic E-state index is -0.241. The summed E-state index contributed by atoms with van der Waals surface area (Å²) in [5.74, 6) is -0.0381. The molecule has 0 bridgehead atoms. The summed E-state index contributed by atoms with van der Waals surface area (Å²) in [7, 11) is 3.44. The monoisotopic (exact) mass is 182 g/mol. The van der Waals surface area contributed by atoms with Gasteiger partial charge in [0.05, 0.1) is 11.9 Å². The Bertz CT molecular complexity index is 294. The standard InChI is InChI=1S/C8H14N4O/c1-6(8(13)9-2)11-7-4-10-12(3)5-7/h4-6,11H,1-3H3,(H,9,13). The minimum absolute atomic E-state index is 0.0381. The van der Waals surface area contributed by atoms with E-state index in [9.17, 15) is 4.79 Å². The molecule has 0 radical (unpaired) electrons. The van der Waals surface area contributed by atoms with E-state index in [-0.39, 0.29) is 11.9 Å². The third-order valence-electron chi connectivity index (χ3n) is 1.73. The van der Waals surface area contributed by atoms with Crippen molar-refractivity contribution in [1.29, 1.82) is 0 Å². The van der Waals surface area contributed by atoms with Crippen LogP contribution in [0.1, 0.15) is 6.92 Å². The second-order valence-electron chi connectivity index (χ2n) is 2.88. The summed E-state index contributed by atoms with van der Waals surface area (Å²) in [6, 6.07) is -0.241. The lowest BCUT2D eigenvalue weighted by Crippen LogP contribution is -2.35. The average molecular weight is 182 g/mol. The molecule has 1 unspecified atom stereocenters. The Hall–Kier alpha value is -1.52. The number of aryl methyl sites for hydroxylation is 1. The van der Waals surface area contributed by atoms with Crippen LogP contribution in [-0.2, 0) is 11.8 Å². The first-order chi connectivity index (χ1) is 6.13. The van der Waals surface area contributed by atoms with E-state index in [2.05, 4.69) is 15.7 Å². The lowest BCUT2D eigenvalue weighted by Gasteiger charge is -2.10. The minimum Gasteiger partial charge on any atom is -0.371 e. The molecule has 0 aromatic carbocycles. The van der Waals surface area contributed by atoms with Gasteiger partial charge in [-0.05, 0) is 6.92 Å². The van der Waals surface area contributed by atoms with Gasteiger partial charge >= 0.3 is 0 Å². The smallest absolute Gasteiger partial charge is 0.241 e. The van der Waals surface area contributed by atoms with Crippen molar-refractivity contribution in [2.75, 3.05) is 12.4 Å². The molecule has 0 aliphatic heterocycles. The number of anilines is 1. The quantitative estimate of drug-likeness (QED) is 0.690. The second-order valence-corrected chi connectivity index (χ2v) is 2.88. The summed E-state index contributed by atoms with van der Waals surface area (Å²) in [6.45, 7) is 1.80. The SMILES string of the molecule is CNC(=O)C(C)Nc1cnn(C)c1. The van der Waals surface area contributed by atoms with E-state index in [4.69, 9.17) is 0 Å². The Balaban J connectivity index is 2.54. The first-order valence-corrected chi connectivity index (χ1v) is 4.10. The summed E-state index contributed by atoms with van der Waals surface area (Å²) in [6.07, 6.45) is 3.50. The van der Waals surface area contributed by atoms with Crippen LogP contribution in [0.2, 0.25) is 0 Å². The van der Waals surface area contributed by atoms with Crippen LogP contribution in [0.5, 0.6) is 0 Å². The fraction of sp³-hybridized carbons (Fsp3) is 0.500. The van der Waals surface area contributed by atoms with E-state index in [0.29, 0.717) is 0 Å². The predicted octanol–water partition coefficient (Wildman–Crippen LogP) is -0.0335. The summed E-state index contributed by atoms with van der Waals surface area (Å²) >= 11 is 0. The molecule has 1 aromatic heterocycles. The van der Waals surface area contributed by atoms with Gasteiger partial charge in [0.15, 0.2) is 0 Å². The van der Waals surface area contributed by atoms with Crippen LogP contribution in [0.25, 0.3) is 0 Å². The lowest BCUT2D eigenvalue weighted by atomic mass is 10.3. The van der Waals surface area contributed by atoms with Gasteiger partial charge in [-0.3, -0.25) is 9.48 Å². The second kappa shape index (κ2) is 3.93. The number of aromatic nitrogens is 2. The van der Waals surface area contributed by atoms with Crippen LogP contribution in [0.15, 0.2) is 12.4 Å². The molecule has 1 aromatic rings. The Morgan fingerprint density at radius 1 is 1.69 bits per heavy atom. The molecule has 1 rings (SSSR count). The Morgan fingerprint density at radius 3 is 2.85 bits per heavy atom. The van der Waals surface area contributed by atoms with Crippen molar-refractivity contribution in [1.82, 2.24) is 15.1 Å². The molecule has 1 amide bonds. The van der Waals surface area contributed by atoms with Crippen LogP contribution >= 0.6 is 0 Å². The first kappa shape index (κ1) is 9.57. The molecule has 0 aliphatic carbocycles. The van der Waals surface area contributed by atoms with Crippen molar-refractivity contribution in [2.45, 2.75) is 13.0 Å². The van der Waals surface area contributed by atoms with E-state index < -0.39 is 0 Å². The highest BCUT2D eigenvalue weighted by Gasteiger charge is 2.10. The average Bonchev–Trinajstić information content (AvgIpc) is 2.49. The predicted molar refractivity (Wildman–Crippen MR) is 50.4 cm³/mol. The maximum absolute atomic E-state index is 11.1. The molecule has 0 fully saturated rings. The van der Waals surface area contributed by atoms with Crippen LogP contribution in [0.3, 0.4) is 0 Å².